The summed E-state index contributed by atoms with van der Waals surface area (Å²) in [5, 5.41) is 9.79. The van der Waals surface area contributed by atoms with E-state index in [-0.39, 0.29) is 19.2 Å². The van der Waals surface area contributed by atoms with Gasteiger partial charge in [0.2, 0.25) is 0 Å². The summed E-state index contributed by atoms with van der Waals surface area (Å²) in [7, 11) is 0. The predicted molar refractivity (Wildman–Crippen MR) is 105 cm³/mol. The molecule has 0 aromatic heterocycles. The van der Waals surface area contributed by atoms with Gasteiger partial charge in [-0.25, -0.2) is 0 Å². The van der Waals surface area contributed by atoms with Crippen molar-refractivity contribution in [3.8, 4) is 0 Å². The van der Waals surface area contributed by atoms with Gasteiger partial charge < -0.3 is 19.3 Å². The lowest BCUT2D eigenvalue weighted by Gasteiger charge is -2.17. The number of hydrogen-bond acceptors (Lipinski definition) is 7. The number of carbonyl (C=O) groups is 3. The second-order valence-corrected chi connectivity index (χ2v) is 7.07. The highest BCUT2D eigenvalue weighted by molar-refractivity contribution is 5.67. The lowest BCUT2D eigenvalue weighted by molar-refractivity contribution is -0.144. The van der Waals surface area contributed by atoms with Gasteiger partial charge in [0.05, 0.1) is 5.60 Å². The molecule has 0 bridgehead atoms. The average molecular weight is 396 g/mol. The molecule has 0 heterocycles. The number of rotatable bonds is 11. The van der Waals surface area contributed by atoms with Crippen LogP contribution in [0.3, 0.4) is 0 Å². The van der Waals surface area contributed by atoms with Crippen molar-refractivity contribution < 1.29 is 33.7 Å². The summed E-state index contributed by atoms with van der Waals surface area (Å²) in [4.78, 5) is 33.5. The van der Waals surface area contributed by atoms with Crippen LogP contribution >= 0.6 is 0 Å². The summed E-state index contributed by atoms with van der Waals surface area (Å²) in [6.45, 7) is 9.31. The van der Waals surface area contributed by atoms with Gasteiger partial charge in [-0.05, 0) is 44.9 Å². The zero-order valence-electron chi connectivity index (χ0n) is 17.6. The van der Waals surface area contributed by atoms with Gasteiger partial charge in [-0.3, -0.25) is 14.4 Å². The van der Waals surface area contributed by atoms with E-state index < -0.39 is 23.6 Å². The molecule has 0 aromatic carbocycles. The van der Waals surface area contributed by atoms with Crippen molar-refractivity contribution in [3.05, 3.63) is 35.5 Å². The van der Waals surface area contributed by atoms with E-state index in [0.29, 0.717) is 12.8 Å². The smallest absolute Gasteiger partial charge is 0.303 e. The maximum absolute atomic E-state index is 11.5. The highest BCUT2D eigenvalue weighted by Crippen LogP contribution is 2.16. The van der Waals surface area contributed by atoms with Gasteiger partial charge in [-0.1, -0.05) is 17.7 Å². The molecular weight excluding hydrogens is 364 g/mol. The molecule has 0 aliphatic heterocycles. The van der Waals surface area contributed by atoms with Gasteiger partial charge in [-0.2, -0.15) is 0 Å². The first-order valence-electron chi connectivity index (χ1n) is 9.08. The van der Waals surface area contributed by atoms with Crippen LogP contribution in [-0.4, -0.2) is 47.9 Å². The highest BCUT2D eigenvalue weighted by Gasteiger charge is 2.13. The lowest BCUT2D eigenvalue weighted by atomic mass is 10.0. The molecule has 0 saturated heterocycles. The van der Waals surface area contributed by atoms with Gasteiger partial charge in [0.1, 0.15) is 19.3 Å². The molecule has 0 fully saturated rings. The van der Waals surface area contributed by atoms with Crippen LogP contribution < -0.4 is 0 Å². The summed E-state index contributed by atoms with van der Waals surface area (Å²) in [5.74, 6) is -1.23. The first kappa shape index (κ1) is 25.6. The van der Waals surface area contributed by atoms with E-state index in [1.807, 2.05) is 6.92 Å². The Morgan fingerprint density at radius 2 is 1.61 bits per heavy atom. The van der Waals surface area contributed by atoms with E-state index in [2.05, 4.69) is 0 Å². The van der Waals surface area contributed by atoms with Crippen molar-refractivity contribution in [2.45, 2.75) is 66.1 Å². The molecule has 0 aliphatic rings. The Morgan fingerprint density at radius 3 is 2.11 bits per heavy atom. The topological polar surface area (TPSA) is 99.1 Å². The zero-order chi connectivity index (χ0) is 21.7. The number of allylic oxidation sites excluding steroid dienone is 1. The monoisotopic (exact) mass is 396 g/mol. The van der Waals surface area contributed by atoms with Crippen LogP contribution in [0, 0.1) is 0 Å². The molecule has 0 aliphatic carbocycles. The van der Waals surface area contributed by atoms with Crippen LogP contribution in [0.5, 0.6) is 0 Å². The lowest BCUT2D eigenvalue weighted by Crippen LogP contribution is -2.17. The van der Waals surface area contributed by atoms with Crippen LogP contribution in [0.15, 0.2) is 35.5 Å². The number of ether oxygens (including phenoxy) is 3. The van der Waals surface area contributed by atoms with Crippen molar-refractivity contribution in [2.75, 3.05) is 13.2 Å². The normalized spacial score (nSPS) is 14.0. The molecule has 0 spiro atoms. The summed E-state index contributed by atoms with van der Waals surface area (Å²) in [6, 6.07) is 0. The maximum atomic E-state index is 11.5. The molecular formula is C21H32O7. The molecule has 0 radical (unpaired) electrons. The summed E-state index contributed by atoms with van der Waals surface area (Å²) in [6.07, 6.45) is 7.15. The minimum atomic E-state index is -0.960. The van der Waals surface area contributed by atoms with E-state index in [1.54, 1.807) is 38.2 Å². The Morgan fingerprint density at radius 1 is 1.00 bits per heavy atom. The molecule has 0 amide bonds. The second kappa shape index (κ2) is 12.9. The molecule has 0 saturated carbocycles. The third-order valence-electron chi connectivity index (χ3n) is 3.35. The van der Waals surface area contributed by atoms with Crippen LogP contribution in [0.1, 0.15) is 54.4 Å². The van der Waals surface area contributed by atoms with E-state index in [0.717, 1.165) is 11.1 Å². The molecule has 0 unspecified atom stereocenters. The summed E-state index contributed by atoms with van der Waals surface area (Å²) in [5.41, 5.74) is 0.648. The molecule has 1 N–H and O–H groups in total. The number of carbonyl (C=O) groups excluding carboxylic acids is 3. The van der Waals surface area contributed by atoms with Crippen LogP contribution in [-0.2, 0) is 28.6 Å². The van der Waals surface area contributed by atoms with Crippen molar-refractivity contribution in [3.63, 3.8) is 0 Å². The van der Waals surface area contributed by atoms with Gasteiger partial charge in [0.25, 0.3) is 0 Å². The Balaban J connectivity index is 5.34. The molecule has 0 aromatic rings. The Kier molecular flexibility index (Phi) is 11.8. The van der Waals surface area contributed by atoms with Gasteiger partial charge in [0, 0.05) is 27.2 Å². The second-order valence-electron chi connectivity index (χ2n) is 7.07. The van der Waals surface area contributed by atoms with Crippen LogP contribution in [0.2, 0.25) is 0 Å². The summed E-state index contributed by atoms with van der Waals surface area (Å²) < 4.78 is 15.3. The Bertz CT molecular complexity index is 621. The SMILES string of the molecule is CC(=O)OC/C=C(/C)C[C@H](/C=C(/C/C=C/C(C)(C)O)COC(C)=O)OC(C)=O. The molecule has 1 atom stereocenters. The first-order valence-corrected chi connectivity index (χ1v) is 9.08. The minimum absolute atomic E-state index is 0.0551. The first-order chi connectivity index (χ1) is 12.9. The zero-order valence-corrected chi connectivity index (χ0v) is 17.6. The standard InChI is InChI=1S/C21H32O7/c1-15(9-11-26-16(2)22)12-20(28-18(4)24)13-19(14-27-17(3)23)8-7-10-21(5,6)25/h7,9-10,13,20,25H,8,11-12,14H2,1-6H3/b10-7+,15-9-,19-13-/t20-/m1/s1. The maximum Gasteiger partial charge on any atom is 0.303 e. The van der Waals surface area contributed by atoms with Crippen molar-refractivity contribution >= 4 is 17.9 Å². The highest BCUT2D eigenvalue weighted by atomic mass is 16.5. The quantitative estimate of drug-likeness (QED) is 0.325. The molecule has 158 valence electrons. The fourth-order valence-electron chi connectivity index (χ4n) is 2.18. The van der Waals surface area contributed by atoms with Gasteiger partial charge >= 0.3 is 17.9 Å². The van der Waals surface area contributed by atoms with Crippen molar-refractivity contribution in [1.29, 1.82) is 0 Å². The van der Waals surface area contributed by atoms with Crippen LogP contribution in [0.25, 0.3) is 0 Å². The van der Waals surface area contributed by atoms with Gasteiger partial charge in [0.15, 0.2) is 0 Å². The molecule has 7 nitrogen and oxygen atoms in total. The van der Waals surface area contributed by atoms with Crippen molar-refractivity contribution in [1.82, 2.24) is 0 Å². The molecule has 0 rings (SSSR count). The fraction of sp³-hybridized carbons (Fsp3) is 0.571. The third kappa shape index (κ3) is 15.8. The van der Waals surface area contributed by atoms with Crippen LogP contribution in [0.4, 0.5) is 0 Å². The largest absolute Gasteiger partial charge is 0.462 e. The predicted octanol–water partition coefficient (Wildman–Crippen LogP) is 3.02. The van der Waals surface area contributed by atoms with E-state index in [4.69, 9.17) is 14.2 Å². The third-order valence-corrected chi connectivity index (χ3v) is 3.35. The average Bonchev–Trinajstić information content (AvgIpc) is 2.49. The van der Waals surface area contributed by atoms with E-state index in [9.17, 15) is 19.5 Å². The number of hydrogen-bond donors (Lipinski definition) is 1. The Hall–Kier alpha value is -2.41. The number of esters is 3. The summed E-state index contributed by atoms with van der Waals surface area (Å²) >= 11 is 0. The van der Waals surface area contributed by atoms with E-state index >= 15 is 0 Å². The van der Waals surface area contributed by atoms with Gasteiger partial charge in [-0.15, -0.1) is 0 Å². The number of aliphatic hydroxyl groups is 1. The van der Waals surface area contributed by atoms with Crippen molar-refractivity contribution in [2.24, 2.45) is 0 Å². The Labute approximate surface area is 167 Å². The molecule has 7 heteroatoms. The minimum Gasteiger partial charge on any atom is -0.462 e. The van der Waals surface area contributed by atoms with E-state index in [1.165, 1.54) is 20.8 Å². The molecule has 28 heavy (non-hydrogen) atoms. The fourth-order valence-corrected chi connectivity index (χ4v) is 2.18.